The molecule has 7 heteroatoms. The van der Waals surface area contributed by atoms with Crippen LogP contribution in [0.2, 0.25) is 0 Å². The monoisotopic (exact) mass is 325 g/mol. The van der Waals surface area contributed by atoms with Crippen molar-refractivity contribution in [2.75, 3.05) is 18.5 Å². The van der Waals surface area contributed by atoms with Crippen molar-refractivity contribution in [1.29, 1.82) is 0 Å². The van der Waals surface area contributed by atoms with E-state index in [2.05, 4.69) is 26.0 Å². The highest BCUT2D eigenvalue weighted by atomic mass is 79.9. The number of imidazole rings is 1. The lowest BCUT2D eigenvalue weighted by Gasteiger charge is -2.20. The first-order valence-electron chi connectivity index (χ1n) is 5.98. The third-order valence-electron chi connectivity index (χ3n) is 2.94. The van der Waals surface area contributed by atoms with Gasteiger partial charge in [-0.2, -0.15) is 5.10 Å². The van der Waals surface area contributed by atoms with E-state index in [1.165, 1.54) is 4.68 Å². The molecule has 0 aliphatic heterocycles. The zero-order valence-corrected chi connectivity index (χ0v) is 12.5. The molecule has 0 bridgehead atoms. The van der Waals surface area contributed by atoms with E-state index in [0.717, 1.165) is 25.2 Å². The van der Waals surface area contributed by atoms with Crippen molar-refractivity contribution >= 4 is 21.6 Å². The van der Waals surface area contributed by atoms with Crippen LogP contribution in [0.4, 0.5) is 5.69 Å². The molecule has 2 rings (SSSR count). The van der Waals surface area contributed by atoms with Crippen LogP contribution < -0.4 is 10.5 Å². The lowest BCUT2D eigenvalue weighted by molar-refractivity contribution is 0.634. The van der Waals surface area contributed by atoms with Crippen LogP contribution in [-0.4, -0.2) is 32.9 Å². The summed E-state index contributed by atoms with van der Waals surface area (Å²) in [6, 6.07) is 0. The van der Waals surface area contributed by atoms with Crippen molar-refractivity contribution in [3.63, 3.8) is 0 Å². The smallest absolute Gasteiger partial charge is 0.282 e. The van der Waals surface area contributed by atoms with Gasteiger partial charge in [-0.15, -0.1) is 0 Å². The number of hydrogen-bond acceptors (Lipinski definition) is 4. The number of aryl methyl sites for hydroxylation is 2. The van der Waals surface area contributed by atoms with Gasteiger partial charge in [-0.25, -0.2) is 9.67 Å². The van der Waals surface area contributed by atoms with E-state index in [4.69, 9.17) is 0 Å². The van der Waals surface area contributed by atoms with E-state index in [1.54, 1.807) is 25.8 Å². The first kappa shape index (κ1) is 13.8. The standard InChI is InChI=1S/C12H16BrN5O/c1-16(5-3-6-18-7-4-14-9-18)10-8-15-17(2)12(19)11(10)13/h4,7-9H,3,5-6H2,1-2H3. The minimum Gasteiger partial charge on any atom is -0.372 e. The maximum absolute atomic E-state index is 11.8. The van der Waals surface area contributed by atoms with E-state index in [0.29, 0.717) is 4.47 Å². The average molecular weight is 326 g/mol. The molecule has 0 atom stereocenters. The van der Waals surface area contributed by atoms with Crippen LogP contribution in [0.3, 0.4) is 0 Å². The summed E-state index contributed by atoms with van der Waals surface area (Å²) >= 11 is 3.33. The fraction of sp³-hybridized carbons (Fsp3) is 0.417. The Kier molecular flexibility index (Phi) is 4.36. The van der Waals surface area contributed by atoms with Gasteiger partial charge in [0.1, 0.15) is 4.47 Å². The number of halogens is 1. The molecular weight excluding hydrogens is 310 g/mol. The van der Waals surface area contributed by atoms with Gasteiger partial charge < -0.3 is 9.47 Å². The van der Waals surface area contributed by atoms with Crippen LogP contribution in [-0.2, 0) is 13.6 Å². The Labute approximate surface area is 119 Å². The number of rotatable bonds is 5. The molecule has 0 saturated carbocycles. The maximum Gasteiger partial charge on any atom is 0.282 e. The van der Waals surface area contributed by atoms with Crippen molar-refractivity contribution < 1.29 is 0 Å². The largest absolute Gasteiger partial charge is 0.372 e. The maximum atomic E-state index is 11.8. The first-order valence-corrected chi connectivity index (χ1v) is 6.77. The van der Waals surface area contributed by atoms with E-state index >= 15 is 0 Å². The normalized spacial score (nSPS) is 10.7. The Morgan fingerprint density at radius 1 is 1.47 bits per heavy atom. The molecule has 102 valence electrons. The summed E-state index contributed by atoms with van der Waals surface area (Å²) in [7, 11) is 3.59. The Morgan fingerprint density at radius 2 is 2.26 bits per heavy atom. The summed E-state index contributed by atoms with van der Waals surface area (Å²) in [5, 5.41) is 4.04. The molecule has 19 heavy (non-hydrogen) atoms. The molecule has 2 aromatic heterocycles. The van der Waals surface area contributed by atoms with Gasteiger partial charge in [0.15, 0.2) is 0 Å². The molecule has 2 aromatic rings. The van der Waals surface area contributed by atoms with Gasteiger partial charge in [0.2, 0.25) is 0 Å². The van der Waals surface area contributed by atoms with Crippen molar-refractivity contribution in [3.8, 4) is 0 Å². The topological polar surface area (TPSA) is 56.0 Å². The molecule has 0 N–H and O–H groups in total. The minimum absolute atomic E-state index is 0.126. The summed E-state index contributed by atoms with van der Waals surface area (Å²) in [6.45, 7) is 1.74. The Bertz CT molecular complexity index is 593. The minimum atomic E-state index is -0.126. The summed E-state index contributed by atoms with van der Waals surface area (Å²) in [5.74, 6) is 0. The van der Waals surface area contributed by atoms with Gasteiger partial charge in [0, 0.05) is 39.6 Å². The van der Waals surface area contributed by atoms with E-state index in [1.807, 2.05) is 22.7 Å². The summed E-state index contributed by atoms with van der Waals surface area (Å²) < 4.78 is 3.90. The first-order chi connectivity index (χ1) is 9.09. The van der Waals surface area contributed by atoms with Crippen LogP contribution in [0, 0.1) is 0 Å². The quantitative estimate of drug-likeness (QED) is 0.830. The van der Waals surface area contributed by atoms with Gasteiger partial charge in [-0.05, 0) is 22.4 Å². The zero-order chi connectivity index (χ0) is 13.8. The van der Waals surface area contributed by atoms with Crippen molar-refractivity contribution in [1.82, 2.24) is 19.3 Å². The van der Waals surface area contributed by atoms with Gasteiger partial charge in [-0.1, -0.05) is 0 Å². The van der Waals surface area contributed by atoms with Crippen molar-refractivity contribution in [2.45, 2.75) is 13.0 Å². The van der Waals surface area contributed by atoms with Gasteiger partial charge in [0.05, 0.1) is 18.2 Å². The highest BCUT2D eigenvalue weighted by Gasteiger charge is 2.10. The van der Waals surface area contributed by atoms with Crippen LogP contribution in [0.5, 0.6) is 0 Å². The van der Waals surface area contributed by atoms with Crippen molar-refractivity contribution in [2.24, 2.45) is 7.05 Å². The van der Waals surface area contributed by atoms with Crippen LogP contribution in [0.15, 0.2) is 34.2 Å². The Balaban J connectivity index is 1.98. The number of aromatic nitrogens is 4. The van der Waals surface area contributed by atoms with Gasteiger partial charge in [0.25, 0.3) is 5.56 Å². The SMILES string of the molecule is CN(CCCn1ccnc1)c1cnn(C)c(=O)c1Br. The van der Waals surface area contributed by atoms with Gasteiger partial charge in [-0.3, -0.25) is 4.79 Å². The molecule has 6 nitrogen and oxygen atoms in total. The molecule has 0 spiro atoms. The third kappa shape index (κ3) is 3.23. The molecule has 0 aromatic carbocycles. The second-order valence-corrected chi connectivity index (χ2v) is 5.14. The number of anilines is 1. The van der Waals surface area contributed by atoms with Crippen LogP contribution >= 0.6 is 15.9 Å². The van der Waals surface area contributed by atoms with E-state index < -0.39 is 0 Å². The predicted octanol–water partition coefficient (Wildman–Crippen LogP) is 1.27. The summed E-state index contributed by atoms with van der Waals surface area (Å²) in [4.78, 5) is 17.8. The molecule has 0 saturated heterocycles. The zero-order valence-electron chi connectivity index (χ0n) is 11.0. The predicted molar refractivity (Wildman–Crippen MR) is 77.3 cm³/mol. The van der Waals surface area contributed by atoms with E-state index in [9.17, 15) is 4.79 Å². The molecule has 0 aliphatic rings. The second-order valence-electron chi connectivity index (χ2n) is 4.35. The number of hydrogen-bond donors (Lipinski definition) is 0. The third-order valence-corrected chi connectivity index (χ3v) is 3.69. The molecule has 2 heterocycles. The van der Waals surface area contributed by atoms with Crippen LogP contribution in [0.1, 0.15) is 6.42 Å². The molecular formula is C12H16BrN5O. The Hall–Kier alpha value is -1.63. The lowest BCUT2D eigenvalue weighted by atomic mass is 10.3. The van der Waals surface area contributed by atoms with Crippen LogP contribution in [0.25, 0.3) is 0 Å². The highest BCUT2D eigenvalue weighted by Crippen LogP contribution is 2.20. The number of nitrogens with zero attached hydrogens (tertiary/aromatic N) is 5. The van der Waals surface area contributed by atoms with Gasteiger partial charge >= 0.3 is 0 Å². The average Bonchev–Trinajstić information content (AvgIpc) is 2.89. The Morgan fingerprint density at radius 3 is 2.95 bits per heavy atom. The second kappa shape index (κ2) is 6.01. The fourth-order valence-electron chi connectivity index (χ4n) is 1.80. The molecule has 0 fully saturated rings. The summed E-state index contributed by atoms with van der Waals surface area (Å²) in [5.41, 5.74) is 0.688. The summed E-state index contributed by atoms with van der Waals surface area (Å²) in [6.07, 6.45) is 8.17. The molecule has 0 radical (unpaired) electrons. The molecule has 0 unspecified atom stereocenters. The lowest BCUT2D eigenvalue weighted by Crippen LogP contribution is -2.26. The fourth-order valence-corrected chi connectivity index (χ4v) is 2.46. The van der Waals surface area contributed by atoms with Crippen molar-refractivity contribution in [3.05, 3.63) is 39.7 Å². The molecule has 0 aliphatic carbocycles. The van der Waals surface area contributed by atoms with E-state index in [-0.39, 0.29) is 5.56 Å². The highest BCUT2D eigenvalue weighted by molar-refractivity contribution is 9.10. The molecule has 0 amide bonds.